The normalized spacial score (nSPS) is 13.6. The Kier molecular flexibility index (Phi) is 10.9. The van der Waals surface area contributed by atoms with Gasteiger partial charge >= 0.3 is 0 Å². The molecule has 3 N–H and O–H groups in total. The van der Waals surface area contributed by atoms with Crippen LogP contribution in [0.5, 0.6) is 0 Å². The molecule has 0 aliphatic heterocycles. The molecule has 0 radical (unpaired) electrons. The number of rotatable bonds is 11. The minimum absolute atomic E-state index is 0.587. The van der Waals surface area contributed by atoms with Gasteiger partial charge in [0.2, 0.25) is 0 Å². The minimum Gasteiger partial charge on any atom is -0.315 e. The summed E-state index contributed by atoms with van der Waals surface area (Å²) in [6.45, 7) is 12.0. The van der Waals surface area contributed by atoms with Crippen LogP contribution < -0.4 is 16.0 Å². The lowest BCUT2D eigenvalue weighted by Crippen LogP contribution is -2.36. The van der Waals surface area contributed by atoms with Crippen molar-refractivity contribution < 1.29 is 0 Å². The summed E-state index contributed by atoms with van der Waals surface area (Å²) in [7, 11) is 4.21. The molecule has 0 aromatic heterocycles. The van der Waals surface area contributed by atoms with E-state index in [1.807, 2.05) is 0 Å². The van der Waals surface area contributed by atoms with E-state index in [1.165, 1.54) is 6.42 Å². The van der Waals surface area contributed by atoms with Crippen molar-refractivity contribution in [2.24, 2.45) is 0 Å². The maximum absolute atomic E-state index is 3.53. The van der Waals surface area contributed by atoms with Crippen LogP contribution in [-0.2, 0) is 0 Å². The average molecular weight is 244 g/mol. The largest absolute Gasteiger partial charge is 0.315 e. The van der Waals surface area contributed by atoms with E-state index in [0.717, 1.165) is 32.7 Å². The molecule has 0 heterocycles. The Hall–Kier alpha value is -0.160. The lowest BCUT2D eigenvalue weighted by molar-refractivity contribution is 0.381. The molecule has 0 amide bonds. The zero-order chi connectivity index (χ0) is 13.1. The van der Waals surface area contributed by atoms with Crippen LogP contribution >= 0.6 is 0 Å². The third-order valence-electron chi connectivity index (χ3n) is 2.66. The first-order valence-corrected chi connectivity index (χ1v) is 6.84. The van der Waals surface area contributed by atoms with E-state index in [4.69, 9.17) is 0 Å². The Labute approximate surface area is 108 Å². The Bertz CT molecular complexity index is 159. The van der Waals surface area contributed by atoms with Crippen LogP contribution in [0.25, 0.3) is 0 Å². The summed E-state index contributed by atoms with van der Waals surface area (Å²) in [6, 6.07) is 1.18. The molecule has 0 bridgehead atoms. The molecule has 17 heavy (non-hydrogen) atoms. The lowest BCUT2D eigenvalue weighted by Gasteiger charge is -2.16. The highest BCUT2D eigenvalue weighted by molar-refractivity contribution is 4.64. The molecule has 0 spiro atoms. The van der Waals surface area contributed by atoms with Gasteiger partial charge in [0.15, 0.2) is 0 Å². The van der Waals surface area contributed by atoms with Gasteiger partial charge in [-0.15, -0.1) is 0 Å². The Morgan fingerprint density at radius 3 is 2.18 bits per heavy atom. The summed E-state index contributed by atoms with van der Waals surface area (Å²) >= 11 is 0. The van der Waals surface area contributed by atoms with Crippen molar-refractivity contribution in [2.45, 2.75) is 39.3 Å². The minimum atomic E-state index is 0.587. The first-order valence-electron chi connectivity index (χ1n) is 6.84. The lowest BCUT2D eigenvalue weighted by atomic mass is 10.2. The van der Waals surface area contributed by atoms with Crippen LogP contribution in [-0.4, -0.2) is 63.8 Å². The first-order chi connectivity index (χ1) is 8.02. The molecule has 104 valence electrons. The van der Waals surface area contributed by atoms with Crippen LogP contribution in [0, 0.1) is 0 Å². The maximum atomic E-state index is 3.53. The van der Waals surface area contributed by atoms with Gasteiger partial charge in [0, 0.05) is 38.3 Å². The van der Waals surface area contributed by atoms with Crippen LogP contribution in [0.4, 0.5) is 0 Å². The van der Waals surface area contributed by atoms with Gasteiger partial charge in [-0.2, -0.15) is 0 Å². The summed E-state index contributed by atoms with van der Waals surface area (Å²) in [5.41, 5.74) is 0. The zero-order valence-electron chi connectivity index (χ0n) is 12.3. The summed E-state index contributed by atoms with van der Waals surface area (Å²) < 4.78 is 0. The van der Waals surface area contributed by atoms with E-state index in [9.17, 15) is 0 Å². The number of hydrogen-bond acceptors (Lipinski definition) is 4. The van der Waals surface area contributed by atoms with Crippen LogP contribution in [0.2, 0.25) is 0 Å². The molecule has 0 saturated heterocycles. The summed E-state index contributed by atoms with van der Waals surface area (Å²) in [4.78, 5) is 2.20. The fourth-order valence-electron chi connectivity index (χ4n) is 1.53. The molecule has 1 atom stereocenters. The highest BCUT2D eigenvalue weighted by Gasteiger charge is 2.00. The predicted octanol–water partition coefficient (Wildman–Crippen LogP) is 0.504. The number of nitrogens with one attached hydrogen (secondary N) is 3. The Morgan fingerprint density at radius 1 is 0.882 bits per heavy atom. The van der Waals surface area contributed by atoms with Crippen molar-refractivity contribution in [2.75, 3.05) is 46.8 Å². The van der Waals surface area contributed by atoms with Crippen molar-refractivity contribution in [3.05, 3.63) is 0 Å². The molecular weight excluding hydrogens is 212 g/mol. The number of hydrogen-bond donors (Lipinski definition) is 3. The van der Waals surface area contributed by atoms with Gasteiger partial charge in [-0.1, -0.05) is 13.8 Å². The quantitative estimate of drug-likeness (QED) is 0.463. The van der Waals surface area contributed by atoms with E-state index in [-0.39, 0.29) is 0 Å². The smallest absolute Gasteiger partial charge is 0.0101 e. The van der Waals surface area contributed by atoms with Crippen molar-refractivity contribution in [1.29, 1.82) is 0 Å². The Balaban J connectivity index is 3.19. The van der Waals surface area contributed by atoms with E-state index in [1.54, 1.807) is 0 Å². The standard InChI is InChI=1S/C13H32N4/c1-12(2)15-9-8-14-7-6-13(3)16-10-11-17(4)5/h12-16H,6-11H2,1-5H3/t13-/m1/s1. The third kappa shape index (κ3) is 13.8. The molecule has 0 fully saturated rings. The van der Waals surface area contributed by atoms with E-state index >= 15 is 0 Å². The predicted molar refractivity (Wildman–Crippen MR) is 76.6 cm³/mol. The number of likely N-dealkylation sites (N-methyl/N-ethyl adjacent to an activating group) is 1. The second kappa shape index (κ2) is 11.0. The molecule has 0 unspecified atom stereocenters. The van der Waals surface area contributed by atoms with Gasteiger partial charge in [-0.25, -0.2) is 0 Å². The second-order valence-electron chi connectivity index (χ2n) is 5.31. The molecule has 0 rings (SSSR count). The Morgan fingerprint density at radius 2 is 1.59 bits per heavy atom. The molecule has 0 aromatic rings. The van der Waals surface area contributed by atoms with Gasteiger partial charge in [-0.05, 0) is 34.0 Å². The number of nitrogens with zero attached hydrogens (tertiary/aromatic N) is 1. The van der Waals surface area contributed by atoms with Gasteiger partial charge in [0.1, 0.15) is 0 Å². The fraction of sp³-hybridized carbons (Fsp3) is 1.00. The molecule has 4 nitrogen and oxygen atoms in total. The van der Waals surface area contributed by atoms with Crippen LogP contribution in [0.15, 0.2) is 0 Å². The van der Waals surface area contributed by atoms with Gasteiger partial charge in [0.25, 0.3) is 0 Å². The van der Waals surface area contributed by atoms with Crippen molar-refractivity contribution >= 4 is 0 Å². The SMILES string of the molecule is CC(C)NCCNCC[C@@H](C)NCCN(C)C. The highest BCUT2D eigenvalue weighted by Crippen LogP contribution is 1.88. The summed E-state index contributed by atoms with van der Waals surface area (Å²) in [6.07, 6.45) is 1.19. The molecule has 0 aromatic carbocycles. The van der Waals surface area contributed by atoms with Crippen LogP contribution in [0.1, 0.15) is 27.2 Å². The topological polar surface area (TPSA) is 39.3 Å². The fourth-order valence-corrected chi connectivity index (χ4v) is 1.53. The summed E-state index contributed by atoms with van der Waals surface area (Å²) in [5.74, 6) is 0. The van der Waals surface area contributed by atoms with Crippen molar-refractivity contribution in [1.82, 2.24) is 20.9 Å². The third-order valence-corrected chi connectivity index (χ3v) is 2.66. The molecule has 4 heteroatoms. The van der Waals surface area contributed by atoms with E-state index < -0.39 is 0 Å². The second-order valence-corrected chi connectivity index (χ2v) is 5.31. The molecule has 0 aliphatic rings. The van der Waals surface area contributed by atoms with Crippen molar-refractivity contribution in [3.8, 4) is 0 Å². The summed E-state index contributed by atoms with van der Waals surface area (Å²) in [5, 5.41) is 10.4. The maximum Gasteiger partial charge on any atom is 0.0101 e. The monoisotopic (exact) mass is 244 g/mol. The van der Waals surface area contributed by atoms with E-state index in [2.05, 4.69) is 55.7 Å². The average Bonchev–Trinajstić information content (AvgIpc) is 2.22. The van der Waals surface area contributed by atoms with Crippen LogP contribution in [0.3, 0.4) is 0 Å². The van der Waals surface area contributed by atoms with Gasteiger partial charge < -0.3 is 20.9 Å². The highest BCUT2D eigenvalue weighted by atomic mass is 15.1. The molecule has 0 saturated carbocycles. The zero-order valence-corrected chi connectivity index (χ0v) is 12.3. The molecule has 0 aliphatic carbocycles. The van der Waals surface area contributed by atoms with Gasteiger partial charge in [-0.3, -0.25) is 0 Å². The first kappa shape index (κ1) is 16.8. The van der Waals surface area contributed by atoms with Gasteiger partial charge in [0.05, 0.1) is 0 Å². The molecular formula is C13H32N4. The van der Waals surface area contributed by atoms with E-state index in [0.29, 0.717) is 12.1 Å². The van der Waals surface area contributed by atoms with Crippen molar-refractivity contribution in [3.63, 3.8) is 0 Å².